The van der Waals surface area contributed by atoms with Gasteiger partial charge in [0.25, 0.3) is 10.2 Å². The van der Waals surface area contributed by atoms with Gasteiger partial charge < -0.3 is 10.1 Å². The summed E-state index contributed by atoms with van der Waals surface area (Å²) in [4.78, 5) is 12.7. The first-order valence-electron chi connectivity index (χ1n) is 9.77. The molecule has 0 spiro atoms. The number of carbonyl (C=O) groups excluding carboxylic acids is 1. The first-order valence-corrected chi connectivity index (χ1v) is 12.0. The number of nitrogens with one attached hydrogen (secondary N) is 1. The molecule has 2 aliphatic heterocycles. The predicted molar refractivity (Wildman–Crippen MR) is 111 cm³/mol. The molecule has 0 bridgehead atoms. The van der Waals surface area contributed by atoms with E-state index in [9.17, 15) is 13.2 Å². The van der Waals surface area contributed by atoms with E-state index in [1.165, 1.54) is 4.31 Å². The van der Waals surface area contributed by atoms with Crippen LogP contribution in [0.4, 0.5) is 0 Å². The van der Waals surface area contributed by atoms with E-state index < -0.39 is 10.2 Å². The summed E-state index contributed by atoms with van der Waals surface area (Å²) >= 11 is 3.43. The van der Waals surface area contributed by atoms with Crippen molar-refractivity contribution in [1.82, 2.24) is 13.9 Å². The molecule has 2 fully saturated rings. The van der Waals surface area contributed by atoms with Crippen LogP contribution in [0.25, 0.3) is 0 Å². The highest BCUT2D eigenvalue weighted by Gasteiger charge is 2.36. The standard InChI is InChI=1S/C19H28BrN3O4S/c1-27-18-8-7-17(20)12-16(18)13-21-19(24)15-6-5-11-23(14-15)28(25,26)22-9-3-2-4-10-22/h7-8,12,15H,2-6,9-11,13-14H2,1H3,(H,21,24)/t15-/m0/s1. The highest BCUT2D eigenvalue weighted by molar-refractivity contribution is 9.10. The Balaban J connectivity index is 1.61. The summed E-state index contributed by atoms with van der Waals surface area (Å²) in [5.74, 6) is 0.272. The van der Waals surface area contributed by atoms with E-state index in [-0.39, 0.29) is 18.4 Å². The third-order valence-electron chi connectivity index (χ3n) is 5.42. The molecule has 156 valence electrons. The van der Waals surface area contributed by atoms with Crippen molar-refractivity contribution < 1.29 is 17.9 Å². The summed E-state index contributed by atoms with van der Waals surface area (Å²) in [5.41, 5.74) is 0.874. The van der Waals surface area contributed by atoms with Crippen LogP contribution < -0.4 is 10.1 Å². The number of amides is 1. The maximum atomic E-state index is 12.9. The summed E-state index contributed by atoms with van der Waals surface area (Å²) in [5, 5.41) is 2.95. The van der Waals surface area contributed by atoms with Gasteiger partial charge in [-0.1, -0.05) is 22.4 Å². The van der Waals surface area contributed by atoms with Crippen LogP contribution in [0.15, 0.2) is 22.7 Å². The molecule has 2 heterocycles. The lowest BCUT2D eigenvalue weighted by Crippen LogP contribution is -2.51. The van der Waals surface area contributed by atoms with Gasteiger partial charge in [-0.25, -0.2) is 0 Å². The monoisotopic (exact) mass is 473 g/mol. The largest absolute Gasteiger partial charge is 0.496 e. The van der Waals surface area contributed by atoms with E-state index >= 15 is 0 Å². The molecular weight excluding hydrogens is 446 g/mol. The molecule has 28 heavy (non-hydrogen) atoms. The van der Waals surface area contributed by atoms with Crippen molar-refractivity contribution in [3.05, 3.63) is 28.2 Å². The molecule has 0 radical (unpaired) electrons. The number of carbonyl (C=O) groups is 1. The highest BCUT2D eigenvalue weighted by atomic mass is 79.9. The second-order valence-corrected chi connectivity index (χ2v) is 10.2. The third-order valence-corrected chi connectivity index (χ3v) is 7.91. The minimum Gasteiger partial charge on any atom is -0.496 e. The van der Waals surface area contributed by atoms with Crippen LogP contribution in [-0.2, 0) is 21.5 Å². The first-order chi connectivity index (χ1) is 13.4. The number of piperidine rings is 2. The second kappa shape index (κ2) is 9.56. The van der Waals surface area contributed by atoms with Crippen molar-refractivity contribution in [3.63, 3.8) is 0 Å². The molecule has 0 unspecified atom stereocenters. The molecule has 1 atom stereocenters. The molecule has 0 saturated carbocycles. The smallest absolute Gasteiger partial charge is 0.281 e. The topological polar surface area (TPSA) is 79.0 Å². The van der Waals surface area contributed by atoms with Crippen LogP contribution in [0.2, 0.25) is 0 Å². The summed E-state index contributed by atoms with van der Waals surface area (Å²) in [6, 6.07) is 5.64. The Kier molecular flexibility index (Phi) is 7.36. The van der Waals surface area contributed by atoms with Gasteiger partial charge in [0, 0.05) is 42.8 Å². The van der Waals surface area contributed by atoms with Gasteiger partial charge in [-0.15, -0.1) is 0 Å². The SMILES string of the molecule is COc1ccc(Br)cc1CNC(=O)[C@H]1CCCN(S(=O)(=O)N2CCCCC2)C1. The number of nitrogens with zero attached hydrogens (tertiary/aromatic N) is 2. The molecule has 0 aromatic heterocycles. The Morgan fingerprint density at radius 3 is 2.61 bits per heavy atom. The number of halogens is 1. The molecule has 2 saturated heterocycles. The van der Waals surface area contributed by atoms with Gasteiger partial charge in [0.1, 0.15) is 5.75 Å². The van der Waals surface area contributed by atoms with E-state index in [0.717, 1.165) is 29.3 Å². The fourth-order valence-electron chi connectivity index (χ4n) is 3.84. The lowest BCUT2D eigenvalue weighted by molar-refractivity contribution is -0.126. The average Bonchev–Trinajstić information content (AvgIpc) is 2.73. The van der Waals surface area contributed by atoms with Gasteiger partial charge >= 0.3 is 0 Å². The molecule has 7 nitrogen and oxygen atoms in total. The maximum Gasteiger partial charge on any atom is 0.281 e. The fraction of sp³-hybridized carbons (Fsp3) is 0.632. The number of methoxy groups -OCH3 is 1. The van der Waals surface area contributed by atoms with Crippen LogP contribution >= 0.6 is 15.9 Å². The van der Waals surface area contributed by atoms with Crippen molar-refractivity contribution in [2.24, 2.45) is 5.92 Å². The lowest BCUT2D eigenvalue weighted by atomic mass is 9.98. The number of ether oxygens (including phenoxy) is 1. The molecule has 3 rings (SSSR count). The van der Waals surface area contributed by atoms with Gasteiger partial charge in [-0.3, -0.25) is 4.79 Å². The summed E-state index contributed by atoms with van der Waals surface area (Å²) in [7, 11) is -1.88. The van der Waals surface area contributed by atoms with Gasteiger partial charge in [0.05, 0.1) is 13.0 Å². The Morgan fingerprint density at radius 2 is 1.89 bits per heavy atom. The molecular formula is C19H28BrN3O4S. The van der Waals surface area contributed by atoms with Crippen molar-refractivity contribution in [2.75, 3.05) is 33.3 Å². The Labute approximate surface area is 175 Å². The normalized spacial score (nSPS) is 22.0. The van der Waals surface area contributed by atoms with Crippen LogP contribution in [0, 0.1) is 5.92 Å². The van der Waals surface area contributed by atoms with Crippen LogP contribution in [-0.4, -0.2) is 56.2 Å². The molecule has 1 aromatic rings. The zero-order valence-corrected chi connectivity index (χ0v) is 18.6. The molecule has 0 aliphatic carbocycles. The Morgan fingerprint density at radius 1 is 1.18 bits per heavy atom. The number of hydrogen-bond donors (Lipinski definition) is 1. The predicted octanol–water partition coefficient (Wildman–Crippen LogP) is 2.52. The average molecular weight is 474 g/mol. The van der Waals surface area contributed by atoms with Crippen molar-refractivity contribution in [1.29, 1.82) is 0 Å². The first kappa shape index (κ1) is 21.5. The Bertz CT molecular complexity index is 796. The minimum atomic E-state index is -3.47. The summed E-state index contributed by atoms with van der Waals surface area (Å²) < 4.78 is 35.1. The molecule has 1 amide bonds. The van der Waals surface area contributed by atoms with Crippen LogP contribution in [0.3, 0.4) is 0 Å². The van der Waals surface area contributed by atoms with E-state index in [1.54, 1.807) is 11.4 Å². The number of rotatable bonds is 6. The quantitative estimate of drug-likeness (QED) is 0.688. The van der Waals surface area contributed by atoms with Gasteiger partial charge in [0.2, 0.25) is 5.91 Å². The lowest BCUT2D eigenvalue weighted by Gasteiger charge is -2.36. The molecule has 2 aliphatic rings. The number of hydrogen-bond acceptors (Lipinski definition) is 4. The number of benzene rings is 1. The van der Waals surface area contributed by atoms with E-state index in [0.29, 0.717) is 44.8 Å². The summed E-state index contributed by atoms with van der Waals surface area (Å²) in [6.07, 6.45) is 4.30. The van der Waals surface area contributed by atoms with E-state index in [4.69, 9.17) is 4.74 Å². The zero-order valence-electron chi connectivity index (χ0n) is 16.2. The minimum absolute atomic E-state index is 0.111. The Hall–Kier alpha value is -1.16. The van der Waals surface area contributed by atoms with Crippen molar-refractivity contribution in [3.8, 4) is 5.75 Å². The highest BCUT2D eigenvalue weighted by Crippen LogP contribution is 2.25. The van der Waals surface area contributed by atoms with Gasteiger partial charge in [-0.05, 0) is 43.9 Å². The van der Waals surface area contributed by atoms with E-state index in [1.807, 2.05) is 18.2 Å². The van der Waals surface area contributed by atoms with E-state index in [2.05, 4.69) is 21.2 Å². The third kappa shape index (κ3) is 5.06. The molecule has 1 N–H and O–H groups in total. The fourth-order valence-corrected chi connectivity index (χ4v) is 6.02. The maximum absolute atomic E-state index is 12.9. The van der Waals surface area contributed by atoms with Gasteiger partial charge in [0.15, 0.2) is 0 Å². The molecule has 1 aromatic carbocycles. The van der Waals surface area contributed by atoms with Crippen LogP contribution in [0.5, 0.6) is 5.75 Å². The second-order valence-electron chi connectivity index (χ2n) is 7.34. The van der Waals surface area contributed by atoms with Crippen molar-refractivity contribution in [2.45, 2.75) is 38.6 Å². The van der Waals surface area contributed by atoms with Crippen LogP contribution in [0.1, 0.15) is 37.7 Å². The zero-order chi connectivity index (χ0) is 20.1. The van der Waals surface area contributed by atoms with Crippen molar-refractivity contribution >= 4 is 32.0 Å². The summed E-state index contributed by atoms with van der Waals surface area (Å²) in [6.45, 7) is 2.25. The molecule has 9 heteroatoms. The van der Waals surface area contributed by atoms with Gasteiger partial charge in [-0.2, -0.15) is 17.0 Å².